The van der Waals surface area contributed by atoms with E-state index in [4.69, 9.17) is 9.47 Å². The molecular formula is C15H15FO4. The first-order chi connectivity index (χ1) is 9.61. The van der Waals surface area contributed by atoms with Gasteiger partial charge in [0.1, 0.15) is 11.6 Å². The number of hydrogen-bond donors (Lipinski definition) is 2. The molecule has 0 fully saturated rings. The Morgan fingerprint density at radius 1 is 1.05 bits per heavy atom. The number of phenolic OH excluding ortho intramolecular Hbond substituents is 2. The van der Waals surface area contributed by atoms with Gasteiger partial charge < -0.3 is 19.7 Å². The Morgan fingerprint density at radius 2 is 1.75 bits per heavy atom. The van der Waals surface area contributed by atoms with E-state index in [9.17, 15) is 14.6 Å². The van der Waals surface area contributed by atoms with Gasteiger partial charge in [0.2, 0.25) is 11.5 Å². The average Bonchev–Trinajstić information content (AvgIpc) is 2.45. The molecule has 0 heterocycles. The van der Waals surface area contributed by atoms with Gasteiger partial charge in [0.25, 0.3) is 0 Å². The van der Waals surface area contributed by atoms with Crippen molar-refractivity contribution >= 4 is 0 Å². The summed E-state index contributed by atoms with van der Waals surface area (Å²) in [6, 6.07) is 8.06. The van der Waals surface area contributed by atoms with E-state index in [1.807, 2.05) is 6.92 Å². The van der Waals surface area contributed by atoms with Gasteiger partial charge in [-0.15, -0.1) is 0 Å². The fourth-order valence-electron chi connectivity index (χ4n) is 1.59. The number of ether oxygens (including phenoxy) is 2. The summed E-state index contributed by atoms with van der Waals surface area (Å²) in [6.45, 7) is 2.38. The van der Waals surface area contributed by atoms with Crippen molar-refractivity contribution in [2.75, 3.05) is 6.61 Å². The first-order valence-electron chi connectivity index (χ1n) is 6.23. The standard InChI is InChI=1S/C15H15FO4/c1-2-9-19-13-8-7-12(17)15(14(13)18)20-11-5-3-10(16)4-6-11/h3-8,17-18H,2,9H2,1H3. The van der Waals surface area contributed by atoms with E-state index < -0.39 is 5.82 Å². The van der Waals surface area contributed by atoms with Crippen LogP contribution in [-0.2, 0) is 0 Å². The molecule has 0 aromatic heterocycles. The van der Waals surface area contributed by atoms with E-state index in [0.717, 1.165) is 6.42 Å². The third-order valence-electron chi connectivity index (χ3n) is 2.57. The average molecular weight is 278 g/mol. The highest BCUT2D eigenvalue weighted by molar-refractivity contribution is 5.58. The van der Waals surface area contributed by atoms with Crippen molar-refractivity contribution in [1.29, 1.82) is 0 Å². The maximum Gasteiger partial charge on any atom is 0.214 e. The van der Waals surface area contributed by atoms with Gasteiger partial charge in [-0.1, -0.05) is 6.92 Å². The highest BCUT2D eigenvalue weighted by atomic mass is 19.1. The van der Waals surface area contributed by atoms with Gasteiger partial charge in [-0.25, -0.2) is 4.39 Å². The Balaban J connectivity index is 2.28. The van der Waals surface area contributed by atoms with Gasteiger partial charge in [0, 0.05) is 0 Å². The van der Waals surface area contributed by atoms with Crippen molar-refractivity contribution in [2.24, 2.45) is 0 Å². The van der Waals surface area contributed by atoms with Crippen molar-refractivity contribution in [2.45, 2.75) is 13.3 Å². The highest BCUT2D eigenvalue weighted by Crippen LogP contribution is 2.44. The van der Waals surface area contributed by atoms with E-state index in [2.05, 4.69) is 0 Å². The fraction of sp³-hybridized carbons (Fsp3) is 0.200. The molecule has 2 N–H and O–H groups in total. The van der Waals surface area contributed by atoms with Crippen LogP contribution in [-0.4, -0.2) is 16.8 Å². The Kier molecular flexibility index (Phi) is 4.30. The lowest BCUT2D eigenvalue weighted by Crippen LogP contribution is -1.96. The Hall–Kier alpha value is -2.43. The molecule has 4 nitrogen and oxygen atoms in total. The van der Waals surface area contributed by atoms with Gasteiger partial charge in [-0.3, -0.25) is 0 Å². The van der Waals surface area contributed by atoms with Crippen LogP contribution in [0.1, 0.15) is 13.3 Å². The largest absolute Gasteiger partial charge is 0.504 e. The van der Waals surface area contributed by atoms with Gasteiger partial charge >= 0.3 is 0 Å². The second-order valence-electron chi connectivity index (χ2n) is 4.16. The number of phenols is 2. The van der Waals surface area contributed by atoms with Gasteiger partial charge in [-0.2, -0.15) is 0 Å². The van der Waals surface area contributed by atoms with Gasteiger partial charge in [0.15, 0.2) is 11.5 Å². The summed E-state index contributed by atoms with van der Waals surface area (Å²) in [5, 5.41) is 19.8. The van der Waals surface area contributed by atoms with Crippen LogP contribution in [0.3, 0.4) is 0 Å². The molecule has 0 aliphatic heterocycles. The van der Waals surface area contributed by atoms with Crippen molar-refractivity contribution in [3.63, 3.8) is 0 Å². The second kappa shape index (κ2) is 6.14. The van der Waals surface area contributed by atoms with Crippen LogP contribution in [0.4, 0.5) is 4.39 Å². The van der Waals surface area contributed by atoms with E-state index in [0.29, 0.717) is 12.4 Å². The smallest absolute Gasteiger partial charge is 0.214 e. The van der Waals surface area contributed by atoms with Crippen LogP contribution < -0.4 is 9.47 Å². The number of halogens is 1. The zero-order valence-corrected chi connectivity index (χ0v) is 11.0. The molecule has 0 saturated carbocycles. The topological polar surface area (TPSA) is 58.9 Å². The number of benzene rings is 2. The van der Waals surface area contributed by atoms with Crippen LogP contribution in [0, 0.1) is 5.82 Å². The zero-order chi connectivity index (χ0) is 14.5. The van der Waals surface area contributed by atoms with Crippen molar-refractivity contribution < 1.29 is 24.1 Å². The Morgan fingerprint density at radius 3 is 2.40 bits per heavy atom. The van der Waals surface area contributed by atoms with Crippen molar-refractivity contribution in [3.05, 3.63) is 42.2 Å². The molecule has 0 radical (unpaired) electrons. The summed E-state index contributed by atoms with van der Waals surface area (Å²) in [6.07, 6.45) is 0.786. The SMILES string of the molecule is CCCOc1ccc(O)c(Oc2ccc(F)cc2)c1O. The summed E-state index contributed by atoms with van der Waals surface area (Å²) in [5.41, 5.74) is 0. The minimum Gasteiger partial charge on any atom is -0.504 e. The molecule has 0 aliphatic carbocycles. The van der Waals surface area contributed by atoms with E-state index in [-0.39, 0.29) is 23.0 Å². The molecule has 2 aromatic rings. The lowest BCUT2D eigenvalue weighted by Gasteiger charge is -2.13. The normalized spacial score (nSPS) is 10.3. The highest BCUT2D eigenvalue weighted by Gasteiger charge is 2.15. The molecule has 106 valence electrons. The van der Waals surface area contributed by atoms with E-state index in [1.165, 1.54) is 36.4 Å². The first-order valence-corrected chi connectivity index (χ1v) is 6.23. The summed E-state index contributed by atoms with van der Waals surface area (Å²) in [5.74, 6) is -0.513. The van der Waals surface area contributed by atoms with Crippen LogP contribution >= 0.6 is 0 Å². The molecular weight excluding hydrogens is 263 g/mol. The maximum atomic E-state index is 12.8. The molecule has 0 bridgehead atoms. The molecule has 0 aliphatic rings. The predicted molar refractivity (Wildman–Crippen MR) is 72.0 cm³/mol. The third-order valence-corrected chi connectivity index (χ3v) is 2.57. The molecule has 20 heavy (non-hydrogen) atoms. The molecule has 0 unspecified atom stereocenters. The lowest BCUT2D eigenvalue weighted by atomic mass is 10.2. The number of rotatable bonds is 5. The second-order valence-corrected chi connectivity index (χ2v) is 4.16. The lowest BCUT2D eigenvalue weighted by molar-refractivity contribution is 0.290. The summed E-state index contributed by atoms with van der Waals surface area (Å²) in [4.78, 5) is 0. The van der Waals surface area contributed by atoms with E-state index in [1.54, 1.807) is 0 Å². The summed E-state index contributed by atoms with van der Waals surface area (Å²) >= 11 is 0. The van der Waals surface area contributed by atoms with E-state index >= 15 is 0 Å². The minimum atomic E-state index is -0.397. The fourth-order valence-corrected chi connectivity index (χ4v) is 1.59. The molecule has 0 amide bonds. The van der Waals surface area contributed by atoms with Crippen molar-refractivity contribution in [3.8, 4) is 28.7 Å². The van der Waals surface area contributed by atoms with Crippen LogP contribution in [0.15, 0.2) is 36.4 Å². The first kappa shape index (κ1) is 14.0. The summed E-state index contributed by atoms with van der Waals surface area (Å²) in [7, 11) is 0. The van der Waals surface area contributed by atoms with Gasteiger partial charge in [-0.05, 0) is 42.8 Å². The quantitative estimate of drug-likeness (QED) is 0.873. The molecule has 0 atom stereocenters. The molecule has 5 heteroatoms. The molecule has 2 rings (SSSR count). The molecule has 0 spiro atoms. The summed E-state index contributed by atoms with van der Waals surface area (Å²) < 4.78 is 23.5. The molecule has 2 aromatic carbocycles. The Bertz CT molecular complexity index is 581. The number of aromatic hydroxyl groups is 2. The maximum absolute atomic E-state index is 12.8. The minimum absolute atomic E-state index is 0.120. The van der Waals surface area contributed by atoms with Crippen molar-refractivity contribution in [1.82, 2.24) is 0 Å². The third kappa shape index (κ3) is 3.12. The molecule has 0 saturated heterocycles. The van der Waals surface area contributed by atoms with Crippen LogP contribution in [0.5, 0.6) is 28.7 Å². The zero-order valence-electron chi connectivity index (χ0n) is 11.0. The monoisotopic (exact) mass is 278 g/mol. The predicted octanol–water partition coefficient (Wildman–Crippen LogP) is 3.82. The van der Waals surface area contributed by atoms with Gasteiger partial charge in [0.05, 0.1) is 6.61 Å². The number of hydrogen-bond acceptors (Lipinski definition) is 4. The van der Waals surface area contributed by atoms with Crippen LogP contribution in [0.25, 0.3) is 0 Å². The van der Waals surface area contributed by atoms with Crippen LogP contribution in [0.2, 0.25) is 0 Å². The Labute approximate surface area is 116 Å².